The normalized spacial score (nSPS) is 14.9. The van der Waals surface area contributed by atoms with Crippen molar-refractivity contribution < 1.29 is 26.4 Å². The number of carbonyl (C=O) groups is 1. The number of hydrogen-bond donors (Lipinski definition) is 1. The van der Waals surface area contributed by atoms with Gasteiger partial charge in [-0.25, -0.2) is 9.51 Å². The molecule has 12 heteroatoms. The van der Waals surface area contributed by atoms with E-state index in [1.165, 1.54) is 18.2 Å². The van der Waals surface area contributed by atoms with Crippen molar-refractivity contribution in [2.75, 3.05) is 11.4 Å². The largest absolute Gasteiger partial charge is 0.471 e. The monoisotopic (exact) mass is 375 g/mol. The van der Waals surface area contributed by atoms with Gasteiger partial charge in [0.2, 0.25) is 0 Å². The molecular formula is C13H12F3N5O3S. The lowest BCUT2D eigenvalue weighted by Gasteiger charge is -2.29. The molecule has 0 saturated heterocycles. The summed E-state index contributed by atoms with van der Waals surface area (Å²) < 4.78 is 63.4. The second-order valence-electron chi connectivity index (χ2n) is 5.37. The fourth-order valence-electron chi connectivity index (χ4n) is 2.49. The lowest BCUT2D eigenvalue weighted by molar-refractivity contribution is -0.186. The van der Waals surface area contributed by atoms with Crippen molar-refractivity contribution >= 4 is 15.9 Å². The van der Waals surface area contributed by atoms with Gasteiger partial charge >= 0.3 is 12.1 Å². The Bertz CT molecular complexity index is 896. The summed E-state index contributed by atoms with van der Waals surface area (Å²) in [7, 11) is -3.98. The Morgan fingerprint density at radius 2 is 1.84 bits per heavy atom. The van der Waals surface area contributed by atoms with Crippen LogP contribution in [0.1, 0.15) is 11.1 Å². The zero-order chi connectivity index (χ0) is 18.2. The van der Waals surface area contributed by atoms with Gasteiger partial charge in [0.1, 0.15) is 12.7 Å². The molecule has 1 aromatic heterocycles. The summed E-state index contributed by atoms with van der Waals surface area (Å²) in [5.74, 6) is -1.94. The molecule has 1 aromatic carbocycles. The highest BCUT2D eigenvalue weighted by molar-refractivity contribution is 7.92. The molecule has 8 nitrogen and oxygen atoms in total. The number of nitrogens with zero attached hydrogens (tertiary/aromatic N) is 4. The molecule has 1 aliphatic heterocycles. The maximum absolute atomic E-state index is 12.6. The van der Waals surface area contributed by atoms with Gasteiger partial charge in [0.25, 0.3) is 10.0 Å². The van der Waals surface area contributed by atoms with E-state index in [0.29, 0.717) is 16.0 Å². The number of halogens is 3. The molecule has 0 atom stereocenters. The Morgan fingerprint density at radius 1 is 1.16 bits per heavy atom. The summed E-state index contributed by atoms with van der Waals surface area (Å²) in [4.78, 5) is 14.1. The van der Waals surface area contributed by atoms with Crippen molar-refractivity contribution in [2.45, 2.75) is 24.0 Å². The number of hydrogen-bond acceptors (Lipinski definition) is 5. The van der Waals surface area contributed by atoms with Crippen LogP contribution in [0.25, 0.3) is 0 Å². The van der Waals surface area contributed by atoms with E-state index in [1.54, 1.807) is 0 Å². The predicted octanol–water partition coefficient (Wildman–Crippen LogP) is 0.658. The average molecular weight is 375 g/mol. The van der Waals surface area contributed by atoms with Gasteiger partial charge < -0.3 is 4.90 Å². The van der Waals surface area contributed by atoms with Gasteiger partial charge in [-0.3, -0.25) is 4.79 Å². The predicted molar refractivity (Wildman–Crippen MR) is 78.2 cm³/mol. The molecule has 0 saturated carbocycles. The van der Waals surface area contributed by atoms with E-state index >= 15 is 0 Å². The van der Waals surface area contributed by atoms with Crippen molar-refractivity contribution in [3.05, 3.63) is 42.0 Å². The fraction of sp³-hybridized carbons (Fsp3) is 0.308. The van der Waals surface area contributed by atoms with Crippen LogP contribution in [0, 0.1) is 0 Å². The summed E-state index contributed by atoms with van der Waals surface area (Å²) in [6.07, 6.45) is -2.47. The number of sulfonamides is 1. The molecule has 0 spiro atoms. The van der Waals surface area contributed by atoms with Crippen LogP contribution in [-0.2, 0) is 27.8 Å². The van der Waals surface area contributed by atoms with Gasteiger partial charge in [-0.2, -0.15) is 21.6 Å². The van der Waals surface area contributed by atoms with E-state index in [4.69, 9.17) is 0 Å². The molecule has 1 aliphatic rings. The van der Waals surface area contributed by atoms with Crippen LogP contribution in [0.5, 0.6) is 0 Å². The molecule has 1 amide bonds. The zero-order valence-corrected chi connectivity index (χ0v) is 13.4. The summed E-state index contributed by atoms with van der Waals surface area (Å²) in [5, 5.41) is 6.92. The number of carbonyl (C=O) groups excluding carboxylic acids is 1. The van der Waals surface area contributed by atoms with Crippen LogP contribution in [0.15, 0.2) is 35.7 Å². The standard InChI is InChI=1S/C13H12F3N5O3S/c14-13(15,16)12(22)20-4-3-9-1-2-11(5-10(9)6-20)25(23,24)19-21-7-17-18-8-21/h1-2,5,7-8,19H,3-4,6H2. The third-order valence-corrected chi connectivity index (χ3v) is 5.00. The van der Waals surface area contributed by atoms with Crippen molar-refractivity contribution in [3.8, 4) is 0 Å². The summed E-state index contributed by atoms with van der Waals surface area (Å²) in [6, 6.07) is 4.15. The highest BCUT2D eigenvalue weighted by atomic mass is 32.2. The summed E-state index contributed by atoms with van der Waals surface area (Å²) in [5.41, 5.74) is 1.06. The number of alkyl halides is 3. The minimum Gasteiger partial charge on any atom is -0.330 e. The Hall–Kier alpha value is -2.63. The Labute approximate surface area is 140 Å². The maximum Gasteiger partial charge on any atom is 0.471 e. The molecular weight excluding hydrogens is 363 g/mol. The number of fused-ring (bicyclic) bond motifs is 1. The number of amides is 1. The van der Waals surface area contributed by atoms with Gasteiger partial charge in [-0.05, 0) is 29.7 Å². The van der Waals surface area contributed by atoms with Gasteiger partial charge in [0, 0.05) is 13.1 Å². The minimum absolute atomic E-state index is 0.0730. The van der Waals surface area contributed by atoms with Crippen LogP contribution < -0.4 is 4.83 Å². The third kappa shape index (κ3) is 3.57. The molecule has 1 N–H and O–H groups in total. The van der Waals surface area contributed by atoms with Crippen molar-refractivity contribution in [1.82, 2.24) is 19.8 Å². The van der Waals surface area contributed by atoms with Crippen LogP contribution in [-0.4, -0.2) is 46.8 Å². The van der Waals surface area contributed by atoms with E-state index in [1.807, 2.05) is 0 Å². The van der Waals surface area contributed by atoms with Crippen LogP contribution in [0.4, 0.5) is 13.2 Å². The van der Waals surface area contributed by atoms with Gasteiger partial charge in [-0.1, -0.05) is 6.07 Å². The van der Waals surface area contributed by atoms with Crippen LogP contribution in [0.3, 0.4) is 0 Å². The van der Waals surface area contributed by atoms with E-state index in [9.17, 15) is 26.4 Å². The van der Waals surface area contributed by atoms with E-state index in [2.05, 4.69) is 15.0 Å². The smallest absolute Gasteiger partial charge is 0.330 e. The number of rotatable bonds is 3. The molecule has 0 radical (unpaired) electrons. The molecule has 0 unspecified atom stereocenters. The van der Waals surface area contributed by atoms with E-state index in [0.717, 1.165) is 17.3 Å². The molecule has 3 rings (SSSR count). The minimum atomic E-state index is -4.96. The zero-order valence-electron chi connectivity index (χ0n) is 12.6. The van der Waals surface area contributed by atoms with Crippen molar-refractivity contribution in [2.24, 2.45) is 0 Å². The Morgan fingerprint density at radius 3 is 2.48 bits per heavy atom. The first kappa shape index (κ1) is 17.2. The molecule has 0 bridgehead atoms. The lowest BCUT2D eigenvalue weighted by atomic mass is 10.00. The van der Waals surface area contributed by atoms with E-state index in [-0.39, 0.29) is 24.4 Å². The van der Waals surface area contributed by atoms with Crippen LogP contribution >= 0.6 is 0 Å². The SMILES string of the molecule is O=C(N1CCc2ccc(S(=O)(=O)Nn3cnnc3)cc2C1)C(F)(F)F. The average Bonchev–Trinajstić information content (AvgIpc) is 3.04. The maximum atomic E-state index is 12.6. The highest BCUT2D eigenvalue weighted by Gasteiger charge is 2.43. The van der Waals surface area contributed by atoms with Gasteiger partial charge in [0.05, 0.1) is 4.90 Å². The summed E-state index contributed by atoms with van der Waals surface area (Å²) in [6.45, 7) is -0.375. The molecule has 2 heterocycles. The molecule has 0 fully saturated rings. The Balaban J connectivity index is 1.86. The second kappa shape index (κ2) is 6.02. The van der Waals surface area contributed by atoms with Gasteiger partial charge in [0.15, 0.2) is 0 Å². The first-order valence-corrected chi connectivity index (χ1v) is 8.50. The quantitative estimate of drug-likeness (QED) is 0.850. The topological polar surface area (TPSA) is 97.2 Å². The first-order valence-electron chi connectivity index (χ1n) is 7.02. The third-order valence-electron chi connectivity index (χ3n) is 3.67. The van der Waals surface area contributed by atoms with Crippen molar-refractivity contribution in [1.29, 1.82) is 0 Å². The summed E-state index contributed by atoms with van der Waals surface area (Å²) >= 11 is 0. The molecule has 134 valence electrons. The molecule has 2 aromatic rings. The number of nitrogens with one attached hydrogen (secondary N) is 1. The number of benzene rings is 1. The van der Waals surface area contributed by atoms with E-state index < -0.39 is 22.1 Å². The first-order chi connectivity index (χ1) is 11.7. The van der Waals surface area contributed by atoms with Crippen LogP contribution in [0.2, 0.25) is 0 Å². The second-order valence-corrected chi connectivity index (χ2v) is 7.03. The molecule has 25 heavy (non-hydrogen) atoms. The lowest BCUT2D eigenvalue weighted by Crippen LogP contribution is -2.43. The number of aromatic nitrogens is 3. The van der Waals surface area contributed by atoms with Gasteiger partial charge in [-0.15, -0.1) is 10.2 Å². The molecule has 0 aliphatic carbocycles. The van der Waals surface area contributed by atoms with Crippen molar-refractivity contribution in [3.63, 3.8) is 0 Å². The Kier molecular flexibility index (Phi) is 4.14. The fourth-order valence-corrected chi connectivity index (χ4v) is 3.51. The highest BCUT2D eigenvalue weighted by Crippen LogP contribution is 2.26.